The van der Waals surface area contributed by atoms with E-state index in [0.29, 0.717) is 24.8 Å². The lowest BCUT2D eigenvalue weighted by molar-refractivity contribution is -0.122. The van der Waals surface area contributed by atoms with Gasteiger partial charge in [0.2, 0.25) is 5.91 Å². The molecule has 1 aliphatic rings. The van der Waals surface area contributed by atoms with Crippen LogP contribution in [0.5, 0.6) is 0 Å². The Labute approximate surface area is 139 Å². The fraction of sp³-hybridized carbons (Fsp3) is 0.750. The predicted molar refractivity (Wildman–Crippen MR) is 91.2 cm³/mol. The van der Waals surface area contributed by atoms with Crippen LogP contribution in [-0.2, 0) is 18.4 Å². The number of rotatable bonds is 5. The van der Waals surface area contributed by atoms with Crippen molar-refractivity contribution in [2.45, 2.75) is 46.6 Å². The summed E-state index contributed by atoms with van der Waals surface area (Å²) in [7, 11) is 1.94. The molecular formula is C16H29ClN4O. The molecule has 126 valence electrons. The molecule has 1 saturated heterocycles. The van der Waals surface area contributed by atoms with Gasteiger partial charge in [-0.2, -0.15) is 5.10 Å². The number of aromatic nitrogens is 2. The molecule has 0 spiro atoms. The standard InChI is InChI=1S/C16H28N4O.ClH/c1-11(14-5-7-17-8-6-14)9-16(21)18-10-15-12(2)19-20(4)13(15)3;/h11,14,17H,5-10H2,1-4H3,(H,18,21);1H. The van der Waals surface area contributed by atoms with Gasteiger partial charge in [-0.05, 0) is 51.6 Å². The van der Waals surface area contributed by atoms with Crippen molar-refractivity contribution in [1.82, 2.24) is 20.4 Å². The second-order valence-electron chi connectivity index (χ2n) is 6.32. The van der Waals surface area contributed by atoms with Gasteiger partial charge in [-0.3, -0.25) is 9.48 Å². The first kappa shape index (κ1) is 19.0. The van der Waals surface area contributed by atoms with Gasteiger partial charge < -0.3 is 10.6 Å². The maximum absolute atomic E-state index is 12.1. The van der Waals surface area contributed by atoms with Crippen molar-refractivity contribution in [1.29, 1.82) is 0 Å². The molecule has 1 atom stereocenters. The Kier molecular flexibility index (Phi) is 7.36. The number of aryl methyl sites for hydroxylation is 2. The molecular weight excluding hydrogens is 300 g/mol. The number of carbonyl (C=O) groups is 1. The lowest BCUT2D eigenvalue weighted by atomic mass is 9.84. The number of carbonyl (C=O) groups excluding carboxylic acids is 1. The number of halogens is 1. The van der Waals surface area contributed by atoms with Crippen LogP contribution in [0.4, 0.5) is 0 Å². The van der Waals surface area contributed by atoms with Crippen molar-refractivity contribution in [2.24, 2.45) is 18.9 Å². The van der Waals surface area contributed by atoms with E-state index in [1.807, 2.05) is 25.6 Å². The summed E-state index contributed by atoms with van der Waals surface area (Å²) >= 11 is 0. The Balaban J connectivity index is 0.00000242. The van der Waals surface area contributed by atoms with E-state index in [0.717, 1.165) is 30.0 Å². The highest BCUT2D eigenvalue weighted by Crippen LogP contribution is 2.24. The van der Waals surface area contributed by atoms with Crippen molar-refractivity contribution < 1.29 is 4.79 Å². The molecule has 1 aliphatic heterocycles. The first-order chi connectivity index (χ1) is 9.99. The normalized spacial score (nSPS) is 16.9. The van der Waals surface area contributed by atoms with Crippen LogP contribution in [0.25, 0.3) is 0 Å². The number of nitrogens with zero attached hydrogens (tertiary/aromatic N) is 2. The van der Waals surface area contributed by atoms with Gasteiger partial charge in [-0.1, -0.05) is 6.92 Å². The summed E-state index contributed by atoms with van der Waals surface area (Å²) in [5.41, 5.74) is 3.27. The Morgan fingerprint density at radius 2 is 2.05 bits per heavy atom. The van der Waals surface area contributed by atoms with Gasteiger partial charge in [0.15, 0.2) is 0 Å². The lowest BCUT2D eigenvalue weighted by Gasteiger charge is -2.27. The maximum Gasteiger partial charge on any atom is 0.220 e. The van der Waals surface area contributed by atoms with Crippen molar-refractivity contribution in [2.75, 3.05) is 13.1 Å². The number of nitrogens with one attached hydrogen (secondary N) is 2. The third kappa shape index (κ3) is 4.71. The van der Waals surface area contributed by atoms with E-state index in [9.17, 15) is 4.79 Å². The van der Waals surface area contributed by atoms with E-state index in [-0.39, 0.29) is 18.3 Å². The monoisotopic (exact) mass is 328 g/mol. The van der Waals surface area contributed by atoms with Crippen LogP contribution in [0.2, 0.25) is 0 Å². The fourth-order valence-corrected chi connectivity index (χ4v) is 3.20. The van der Waals surface area contributed by atoms with E-state index in [2.05, 4.69) is 22.7 Å². The second-order valence-corrected chi connectivity index (χ2v) is 6.32. The van der Waals surface area contributed by atoms with Crippen LogP contribution < -0.4 is 10.6 Å². The third-order valence-corrected chi connectivity index (χ3v) is 4.82. The first-order valence-electron chi connectivity index (χ1n) is 7.95. The summed E-state index contributed by atoms with van der Waals surface area (Å²) in [6, 6.07) is 0. The number of hydrogen-bond donors (Lipinski definition) is 2. The molecule has 0 bridgehead atoms. The summed E-state index contributed by atoms with van der Waals surface area (Å²) in [5.74, 6) is 1.30. The smallest absolute Gasteiger partial charge is 0.220 e. The van der Waals surface area contributed by atoms with E-state index in [4.69, 9.17) is 0 Å². The molecule has 1 aromatic rings. The number of hydrogen-bond acceptors (Lipinski definition) is 3. The molecule has 1 unspecified atom stereocenters. The molecule has 5 nitrogen and oxygen atoms in total. The summed E-state index contributed by atoms with van der Waals surface area (Å²) < 4.78 is 1.87. The first-order valence-corrected chi connectivity index (χ1v) is 7.95. The Bertz CT molecular complexity index is 495. The van der Waals surface area contributed by atoms with Crippen LogP contribution in [0, 0.1) is 25.7 Å². The molecule has 2 rings (SSSR count). The molecule has 2 N–H and O–H groups in total. The van der Waals surface area contributed by atoms with E-state index in [1.54, 1.807) is 0 Å². The van der Waals surface area contributed by atoms with Crippen LogP contribution in [0.1, 0.15) is 43.1 Å². The van der Waals surface area contributed by atoms with Gasteiger partial charge in [-0.15, -0.1) is 12.4 Å². The molecule has 0 aromatic carbocycles. The van der Waals surface area contributed by atoms with Crippen molar-refractivity contribution >= 4 is 18.3 Å². The zero-order chi connectivity index (χ0) is 15.4. The minimum absolute atomic E-state index is 0. The molecule has 2 heterocycles. The lowest BCUT2D eigenvalue weighted by Crippen LogP contribution is -2.33. The molecule has 0 saturated carbocycles. The minimum atomic E-state index is 0. The summed E-state index contributed by atoms with van der Waals surface area (Å²) in [5, 5.41) is 10.8. The van der Waals surface area contributed by atoms with Gasteiger partial charge in [0, 0.05) is 31.3 Å². The SMILES string of the molecule is Cc1nn(C)c(C)c1CNC(=O)CC(C)C1CCNCC1.Cl. The van der Waals surface area contributed by atoms with E-state index >= 15 is 0 Å². The zero-order valence-corrected chi connectivity index (χ0v) is 14.9. The molecule has 6 heteroatoms. The van der Waals surface area contributed by atoms with Crippen molar-refractivity contribution in [3.8, 4) is 0 Å². The van der Waals surface area contributed by atoms with Gasteiger partial charge in [0.25, 0.3) is 0 Å². The molecule has 0 aliphatic carbocycles. The number of amides is 1. The van der Waals surface area contributed by atoms with Crippen LogP contribution in [0.15, 0.2) is 0 Å². The van der Waals surface area contributed by atoms with Gasteiger partial charge in [0.1, 0.15) is 0 Å². The molecule has 1 aromatic heterocycles. The summed E-state index contributed by atoms with van der Waals surface area (Å²) in [4.78, 5) is 12.1. The molecule has 1 amide bonds. The highest BCUT2D eigenvalue weighted by Gasteiger charge is 2.22. The highest BCUT2D eigenvalue weighted by molar-refractivity contribution is 5.85. The topological polar surface area (TPSA) is 59.0 Å². The Morgan fingerprint density at radius 3 is 2.59 bits per heavy atom. The second kappa shape index (κ2) is 8.53. The fourth-order valence-electron chi connectivity index (χ4n) is 3.20. The van der Waals surface area contributed by atoms with Gasteiger partial charge in [0.05, 0.1) is 5.69 Å². The average molecular weight is 329 g/mol. The molecule has 22 heavy (non-hydrogen) atoms. The largest absolute Gasteiger partial charge is 0.352 e. The minimum Gasteiger partial charge on any atom is -0.352 e. The van der Waals surface area contributed by atoms with Crippen LogP contribution >= 0.6 is 12.4 Å². The molecule has 0 radical (unpaired) electrons. The zero-order valence-electron chi connectivity index (χ0n) is 14.1. The highest BCUT2D eigenvalue weighted by atomic mass is 35.5. The average Bonchev–Trinajstić information content (AvgIpc) is 2.71. The third-order valence-electron chi connectivity index (χ3n) is 4.82. The number of piperidine rings is 1. The van der Waals surface area contributed by atoms with Crippen LogP contribution in [0.3, 0.4) is 0 Å². The van der Waals surface area contributed by atoms with E-state index < -0.39 is 0 Å². The van der Waals surface area contributed by atoms with Crippen molar-refractivity contribution in [3.05, 3.63) is 17.0 Å². The predicted octanol–water partition coefficient (Wildman–Crippen LogP) is 2.10. The summed E-state index contributed by atoms with van der Waals surface area (Å²) in [6.45, 7) is 9.00. The Morgan fingerprint density at radius 1 is 1.41 bits per heavy atom. The molecule has 1 fully saturated rings. The Hall–Kier alpha value is -1.07. The van der Waals surface area contributed by atoms with Crippen molar-refractivity contribution in [3.63, 3.8) is 0 Å². The quantitative estimate of drug-likeness (QED) is 0.870. The van der Waals surface area contributed by atoms with E-state index in [1.165, 1.54) is 12.8 Å². The van der Waals surface area contributed by atoms with Gasteiger partial charge >= 0.3 is 0 Å². The van der Waals surface area contributed by atoms with Gasteiger partial charge in [-0.25, -0.2) is 0 Å². The summed E-state index contributed by atoms with van der Waals surface area (Å²) in [6.07, 6.45) is 3.01. The maximum atomic E-state index is 12.1. The van der Waals surface area contributed by atoms with Crippen LogP contribution in [-0.4, -0.2) is 28.8 Å².